The van der Waals surface area contributed by atoms with Gasteiger partial charge in [0.1, 0.15) is 5.82 Å². The van der Waals surface area contributed by atoms with Crippen LogP contribution in [-0.2, 0) is 5.75 Å². The van der Waals surface area contributed by atoms with E-state index >= 15 is 0 Å². The van der Waals surface area contributed by atoms with Gasteiger partial charge in [0, 0.05) is 4.90 Å². The molecule has 3 aromatic rings. The zero-order valence-electron chi connectivity index (χ0n) is 10.8. The van der Waals surface area contributed by atoms with E-state index in [4.69, 9.17) is 16.0 Å². The van der Waals surface area contributed by atoms with Gasteiger partial charge in [-0.3, -0.25) is 0 Å². The first kappa shape index (κ1) is 14.1. The molecule has 0 unspecified atom stereocenters. The van der Waals surface area contributed by atoms with Crippen molar-refractivity contribution in [1.82, 2.24) is 10.2 Å². The van der Waals surface area contributed by atoms with Crippen LogP contribution < -0.4 is 0 Å². The van der Waals surface area contributed by atoms with Crippen LogP contribution in [0.15, 0.2) is 57.8 Å². The predicted octanol–water partition coefficient (Wildman–Crippen LogP) is 4.82. The molecule has 0 saturated heterocycles. The average Bonchev–Trinajstić information content (AvgIpc) is 2.96. The van der Waals surface area contributed by atoms with Crippen LogP contribution in [0.1, 0.15) is 5.89 Å². The van der Waals surface area contributed by atoms with Crippen LogP contribution in [0.4, 0.5) is 4.39 Å². The number of benzene rings is 2. The van der Waals surface area contributed by atoms with E-state index in [-0.39, 0.29) is 5.82 Å². The first-order valence-electron chi connectivity index (χ1n) is 6.18. The zero-order chi connectivity index (χ0) is 14.7. The van der Waals surface area contributed by atoms with Gasteiger partial charge in [-0.05, 0) is 36.4 Å². The van der Waals surface area contributed by atoms with Gasteiger partial charge in [0.25, 0.3) is 0 Å². The Labute approximate surface area is 130 Å². The molecule has 0 radical (unpaired) electrons. The summed E-state index contributed by atoms with van der Waals surface area (Å²) in [6.07, 6.45) is 0. The van der Waals surface area contributed by atoms with Gasteiger partial charge in [0.2, 0.25) is 11.8 Å². The highest BCUT2D eigenvalue weighted by Gasteiger charge is 2.11. The number of hydrogen-bond acceptors (Lipinski definition) is 4. The van der Waals surface area contributed by atoms with Gasteiger partial charge in [0.15, 0.2) is 0 Å². The van der Waals surface area contributed by atoms with Gasteiger partial charge in [-0.2, -0.15) is 0 Å². The highest BCUT2D eigenvalue weighted by atomic mass is 35.5. The molecule has 0 saturated carbocycles. The molecule has 0 spiro atoms. The third-order valence-electron chi connectivity index (χ3n) is 2.75. The first-order valence-corrected chi connectivity index (χ1v) is 7.54. The van der Waals surface area contributed by atoms with Gasteiger partial charge < -0.3 is 4.42 Å². The van der Waals surface area contributed by atoms with E-state index in [0.717, 1.165) is 4.90 Å². The van der Waals surface area contributed by atoms with E-state index < -0.39 is 0 Å². The van der Waals surface area contributed by atoms with Crippen molar-refractivity contribution in [2.45, 2.75) is 10.6 Å². The second kappa shape index (κ2) is 6.28. The number of halogens is 2. The monoisotopic (exact) mass is 320 g/mol. The molecule has 0 N–H and O–H groups in total. The molecule has 0 atom stereocenters. The maximum absolute atomic E-state index is 12.8. The lowest BCUT2D eigenvalue weighted by Crippen LogP contribution is -1.81. The van der Waals surface area contributed by atoms with E-state index in [1.807, 2.05) is 18.2 Å². The van der Waals surface area contributed by atoms with E-state index in [0.29, 0.717) is 28.1 Å². The van der Waals surface area contributed by atoms with E-state index in [9.17, 15) is 4.39 Å². The van der Waals surface area contributed by atoms with Crippen molar-refractivity contribution in [2.75, 3.05) is 0 Å². The summed E-state index contributed by atoms with van der Waals surface area (Å²) in [5.74, 6) is 1.16. The van der Waals surface area contributed by atoms with Gasteiger partial charge in [0.05, 0.1) is 16.3 Å². The smallest absolute Gasteiger partial charge is 0.249 e. The van der Waals surface area contributed by atoms with Crippen LogP contribution in [0.3, 0.4) is 0 Å². The van der Waals surface area contributed by atoms with Gasteiger partial charge in [-0.25, -0.2) is 4.39 Å². The zero-order valence-corrected chi connectivity index (χ0v) is 12.4. The van der Waals surface area contributed by atoms with E-state index in [2.05, 4.69) is 10.2 Å². The molecule has 1 heterocycles. The molecule has 2 aromatic carbocycles. The Hall–Kier alpha value is -1.85. The lowest BCUT2D eigenvalue weighted by molar-refractivity contribution is 0.528. The number of hydrogen-bond donors (Lipinski definition) is 0. The summed E-state index contributed by atoms with van der Waals surface area (Å²) in [5, 5.41) is 8.56. The van der Waals surface area contributed by atoms with Crippen LogP contribution in [0, 0.1) is 5.82 Å². The molecule has 0 amide bonds. The molecule has 3 nitrogen and oxygen atoms in total. The first-order chi connectivity index (χ1) is 10.2. The largest absolute Gasteiger partial charge is 0.420 e. The summed E-state index contributed by atoms with van der Waals surface area (Å²) in [6, 6.07) is 13.6. The standard InChI is InChI=1S/C15H10ClFN2OS/c16-13-4-2-1-3-12(13)15-19-18-14(20-15)9-21-11-7-5-10(17)6-8-11/h1-8H,9H2. The molecule has 1 aromatic heterocycles. The summed E-state index contributed by atoms with van der Waals surface area (Å²) in [4.78, 5) is 0.939. The molecule has 6 heteroatoms. The van der Waals surface area contributed by atoms with Crippen molar-refractivity contribution in [3.8, 4) is 11.5 Å². The van der Waals surface area contributed by atoms with Crippen molar-refractivity contribution >= 4 is 23.4 Å². The Morgan fingerprint density at radius 2 is 1.81 bits per heavy atom. The van der Waals surface area contributed by atoms with Gasteiger partial charge >= 0.3 is 0 Å². The Morgan fingerprint density at radius 3 is 2.57 bits per heavy atom. The SMILES string of the molecule is Fc1ccc(SCc2nnc(-c3ccccc3Cl)o2)cc1. The highest BCUT2D eigenvalue weighted by molar-refractivity contribution is 7.98. The van der Waals surface area contributed by atoms with E-state index in [1.165, 1.54) is 23.9 Å². The minimum Gasteiger partial charge on any atom is -0.420 e. The third kappa shape index (κ3) is 3.43. The minimum absolute atomic E-state index is 0.252. The predicted molar refractivity (Wildman–Crippen MR) is 80.7 cm³/mol. The van der Waals surface area contributed by atoms with Crippen molar-refractivity contribution in [1.29, 1.82) is 0 Å². The Balaban J connectivity index is 1.71. The molecule has 0 bridgehead atoms. The maximum Gasteiger partial charge on any atom is 0.249 e. The molecular weight excluding hydrogens is 311 g/mol. The van der Waals surface area contributed by atoms with E-state index in [1.54, 1.807) is 18.2 Å². The minimum atomic E-state index is -0.252. The van der Waals surface area contributed by atoms with Crippen LogP contribution in [0.5, 0.6) is 0 Å². The van der Waals surface area contributed by atoms with Crippen LogP contribution in [0.25, 0.3) is 11.5 Å². The molecule has 0 aliphatic rings. The number of aromatic nitrogens is 2. The number of thioether (sulfide) groups is 1. The fraction of sp³-hybridized carbons (Fsp3) is 0.0667. The summed E-state index contributed by atoms with van der Waals surface area (Å²) < 4.78 is 18.4. The molecule has 0 fully saturated rings. The second-order valence-corrected chi connectivity index (χ2v) is 5.68. The lowest BCUT2D eigenvalue weighted by atomic mass is 10.2. The summed E-state index contributed by atoms with van der Waals surface area (Å²) in [5.41, 5.74) is 0.713. The maximum atomic E-state index is 12.8. The molecule has 106 valence electrons. The lowest BCUT2D eigenvalue weighted by Gasteiger charge is -1.98. The Morgan fingerprint density at radius 1 is 1.05 bits per heavy atom. The average molecular weight is 321 g/mol. The summed E-state index contributed by atoms with van der Waals surface area (Å²) in [7, 11) is 0. The van der Waals surface area contributed by atoms with Gasteiger partial charge in [-0.15, -0.1) is 22.0 Å². The van der Waals surface area contributed by atoms with Crippen molar-refractivity contribution in [3.63, 3.8) is 0 Å². The Kier molecular flexibility index (Phi) is 4.22. The van der Waals surface area contributed by atoms with Crippen molar-refractivity contribution in [3.05, 3.63) is 65.3 Å². The van der Waals surface area contributed by atoms with Crippen LogP contribution in [0.2, 0.25) is 5.02 Å². The van der Waals surface area contributed by atoms with Crippen LogP contribution >= 0.6 is 23.4 Å². The summed E-state index contributed by atoms with van der Waals surface area (Å²) in [6.45, 7) is 0. The molecule has 0 aliphatic heterocycles. The fourth-order valence-corrected chi connectivity index (χ4v) is 2.68. The molecule has 0 aliphatic carbocycles. The number of rotatable bonds is 4. The topological polar surface area (TPSA) is 38.9 Å². The quantitative estimate of drug-likeness (QED) is 0.646. The number of nitrogens with zero attached hydrogens (tertiary/aromatic N) is 2. The highest BCUT2D eigenvalue weighted by Crippen LogP contribution is 2.28. The molecule has 3 rings (SSSR count). The Bertz CT molecular complexity index is 745. The molecule has 21 heavy (non-hydrogen) atoms. The normalized spacial score (nSPS) is 10.8. The van der Waals surface area contributed by atoms with Crippen molar-refractivity contribution < 1.29 is 8.81 Å². The second-order valence-electron chi connectivity index (χ2n) is 4.22. The van der Waals surface area contributed by atoms with Crippen molar-refractivity contribution in [2.24, 2.45) is 0 Å². The van der Waals surface area contributed by atoms with Crippen LogP contribution in [-0.4, -0.2) is 10.2 Å². The molecular formula is C15H10ClFN2OS. The van der Waals surface area contributed by atoms with Gasteiger partial charge in [-0.1, -0.05) is 23.7 Å². The third-order valence-corrected chi connectivity index (χ3v) is 4.07. The summed E-state index contributed by atoms with van der Waals surface area (Å²) >= 11 is 7.59. The fourth-order valence-electron chi connectivity index (χ4n) is 1.73.